The molecule has 0 saturated carbocycles. The predicted molar refractivity (Wildman–Crippen MR) is 113 cm³/mol. The molecule has 7 heteroatoms. The fraction of sp³-hybridized carbons (Fsp3) is 0.238. The Balaban J connectivity index is 1.66. The first-order valence-electron chi connectivity index (χ1n) is 8.78. The van der Waals surface area contributed by atoms with Gasteiger partial charge in [-0.25, -0.2) is 4.98 Å². The van der Waals surface area contributed by atoms with Gasteiger partial charge in [-0.05, 0) is 19.1 Å². The lowest BCUT2D eigenvalue weighted by molar-refractivity contribution is -0.115. The van der Waals surface area contributed by atoms with Gasteiger partial charge < -0.3 is 14.8 Å². The molecule has 0 aliphatic rings. The molecular formula is C21H21ClN2O3S. The van der Waals surface area contributed by atoms with E-state index in [0.717, 1.165) is 16.3 Å². The van der Waals surface area contributed by atoms with Crippen molar-refractivity contribution in [1.29, 1.82) is 0 Å². The van der Waals surface area contributed by atoms with Crippen molar-refractivity contribution in [3.63, 3.8) is 0 Å². The van der Waals surface area contributed by atoms with E-state index in [2.05, 4.69) is 10.3 Å². The summed E-state index contributed by atoms with van der Waals surface area (Å²) in [7, 11) is 1.59. The van der Waals surface area contributed by atoms with Crippen molar-refractivity contribution >= 4 is 34.5 Å². The lowest BCUT2D eigenvalue weighted by Gasteiger charge is -2.13. The Morgan fingerprint density at radius 3 is 2.71 bits per heavy atom. The second-order valence-corrected chi connectivity index (χ2v) is 7.46. The standard InChI is InChI=1S/C21H21ClN2O3S/c1-14-6-8-15(9-7-14)21-23-16(13-28-21)12-19(25)24-18-5-3-4-17(22)20(18)27-11-10-26-2/h3-9,13H,10-12H2,1-2H3,(H,24,25). The van der Waals surface area contributed by atoms with Gasteiger partial charge in [-0.15, -0.1) is 11.3 Å². The largest absolute Gasteiger partial charge is 0.487 e. The van der Waals surface area contributed by atoms with Crippen LogP contribution in [-0.2, 0) is 16.0 Å². The molecular weight excluding hydrogens is 396 g/mol. The van der Waals surface area contributed by atoms with Crippen LogP contribution in [0.4, 0.5) is 5.69 Å². The molecule has 1 aromatic heterocycles. The Bertz CT molecular complexity index is 941. The van der Waals surface area contributed by atoms with Crippen molar-refractivity contribution < 1.29 is 14.3 Å². The molecule has 2 aromatic carbocycles. The monoisotopic (exact) mass is 416 g/mol. The molecule has 146 valence electrons. The van der Waals surface area contributed by atoms with Crippen LogP contribution in [0.25, 0.3) is 10.6 Å². The number of aromatic nitrogens is 1. The first-order chi connectivity index (χ1) is 13.6. The number of methoxy groups -OCH3 is 1. The molecule has 0 radical (unpaired) electrons. The van der Waals surface area contributed by atoms with Gasteiger partial charge in [0.15, 0.2) is 5.75 Å². The molecule has 0 saturated heterocycles. The van der Waals surface area contributed by atoms with Crippen LogP contribution in [0.2, 0.25) is 5.02 Å². The highest BCUT2D eigenvalue weighted by atomic mass is 35.5. The van der Waals surface area contributed by atoms with E-state index in [1.54, 1.807) is 25.3 Å². The minimum Gasteiger partial charge on any atom is -0.487 e. The number of anilines is 1. The Hall–Kier alpha value is -2.41. The minimum atomic E-state index is -0.181. The van der Waals surface area contributed by atoms with Crippen molar-refractivity contribution in [2.24, 2.45) is 0 Å². The smallest absolute Gasteiger partial charge is 0.230 e. The zero-order valence-corrected chi connectivity index (χ0v) is 17.3. The molecule has 3 rings (SSSR count). The lowest BCUT2D eigenvalue weighted by Crippen LogP contribution is -2.16. The predicted octanol–water partition coefficient (Wildman–Crippen LogP) is 4.98. The number of nitrogens with zero attached hydrogens (tertiary/aromatic N) is 1. The van der Waals surface area contributed by atoms with E-state index >= 15 is 0 Å². The van der Waals surface area contributed by atoms with Crippen LogP contribution in [0, 0.1) is 6.92 Å². The number of carbonyl (C=O) groups excluding carboxylic acids is 1. The number of carbonyl (C=O) groups is 1. The maximum atomic E-state index is 12.5. The number of benzene rings is 2. The number of para-hydroxylation sites is 1. The highest BCUT2D eigenvalue weighted by molar-refractivity contribution is 7.13. The summed E-state index contributed by atoms with van der Waals surface area (Å²) in [6, 6.07) is 13.4. The topological polar surface area (TPSA) is 60.5 Å². The molecule has 0 unspecified atom stereocenters. The van der Waals surface area contributed by atoms with Crippen molar-refractivity contribution in [3.05, 3.63) is 64.1 Å². The van der Waals surface area contributed by atoms with Crippen LogP contribution in [0.5, 0.6) is 5.75 Å². The van der Waals surface area contributed by atoms with Gasteiger partial charge in [-0.2, -0.15) is 0 Å². The Morgan fingerprint density at radius 2 is 1.96 bits per heavy atom. The number of hydrogen-bond donors (Lipinski definition) is 1. The lowest BCUT2D eigenvalue weighted by atomic mass is 10.2. The number of thiazole rings is 1. The van der Waals surface area contributed by atoms with E-state index < -0.39 is 0 Å². The molecule has 0 bridgehead atoms. The SMILES string of the molecule is COCCOc1c(Cl)cccc1NC(=O)Cc1csc(-c2ccc(C)cc2)n1. The molecule has 0 spiro atoms. The molecule has 3 aromatic rings. The van der Waals surface area contributed by atoms with Gasteiger partial charge in [0, 0.05) is 18.1 Å². The van der Waals surface area contributed by atoms with Gasteiger partial charge in [0.1, 0.15) is 11.6 Å². The minimum absolute atomic E-state index is 0.173. The van der Waals surface area contributed by atoms with E-state index in [9.17, 15) is 4.79 Å². The average molecular weight is 417 g/mol. The number of halogens is 1. The quantitative estimate of drug-likeness (QED) is 0.526. The van der Waals surface area contributed by atoms with Crippen LogP contribution >= 0.6 is 22.9 Å². The van der Waals surface area contributed by atoms with Gasteiger partial charge in [0.25, 0.3) is 0 Å². The second kappa shape index (κ2) is 9.68. The second-order valence-electron chi connectivity index (χ2n) is 6.19. The summed E-state index contributed by atoms with van der Waals surface area (Å²) in [5.74, 6) is 0.257. The van der Waals surface area contributed by atoms with Crippen molar-refractivity contribution in [2.75, 3.05) is 25.6 Å². The molecule has 1 heterocycles. The van der Waals surface area contributed by atoms with Crippen LogP contribution < -0.4 is 10.1 Å². The van der Waals surface area contributed by atoms with Crippen molar-refractivity contribution in [3.8, 4) is 16.3 Å². The maximum Gasteiger partial charge on any atom is 0.230 e. The normalized spacial score (nSPS) is 10.7. The molecule has 0 aliphatic heterocycles. The number of hydrogen-bond acceptors (Lipinski definition) is 5. The van der Waals surface area contributed by atoms with E-state index in [0.29, 0.717) is 29.7 Å². The molecule has 1 amide bonds. The highest BCUT2D eigenvalue weighted by Crippen LogP contribution is 2.33. The number of aryl methyl sites for hydroxylation is 1. The van der Waals surface area contributed by atoms with E-state index in [1.807, 2.05) is 36.6 Å². The maximum absolute atomic E-state index is 12.5. The van der Waals surface area contributed by atoms with Crippen molar-refractivity contribution in [2.45, 2.75) is 13.3 Å². The molecule has 0 atom stereocenters. The fourth-order valence-electron chi connectivity index (χ4n) is 2.56. The third-order valence-corrected chi connectivity index (χ3v) is 5.20. The van der Waals surface area contributed by atoms with Crippen molar-refractivity contribution in [1.82, 2.24) is 4.98 Å². The van der Waals surface area contributed by atoms with E-state index in [4.69, 9.17) is 21.1 Å². The fourth-order valence-corrected chi connectivity index (χ4v) is 3.61. The van der Waals surface area contributed by atoms with Gasteiger partial charge in [0.05, 0.1) is 29.4 Å². The van der Waals surface area contributed by atoms with E-state index in [1.165, 1.54) is 16.9 Å². The van der Waals surface area contributed by atoms with Gasteiger partial charge in [-0.1, -0.05) is 47.5 Å². The Kier molecular flexibility index (Phi) is 7.03. The number of amides is 1. The molecule has 5 nitrogen and oxygen atoms in total. The molecule has 1 N–H and O–H groups in total. The first kappa shape index (κ1) is 20.3. The number of ether oxygens (including phenoxy) is 2. The summed E-state index contributed by atoms with van der Waals surface area (Å²) < 4.78 is 10.6. The molecule has 0 aliphatic carbocycles. The zero-order valence-electron chi connectivity index (χ0n) is 15.7. The third kappa shape index (κ3) is 5.32. The van der Waals surface area contributed by atoms with Gasteiger partial charge >= 0.3 is 0 Å². The van der Waals surface area contributed by atoms with Gasteiger partial charge in [0.2, 0.25) is 5.91 Å². The highest BCUT2D eigenvalue weighted by Gasteiger charge is 2.14. The zero-order chi connectivity index (χ0) is 19.9. The molecule has 0 fully saturated rings. The summed E-state index contributed by atoms with van der Waals surface area (Å²) in [6.07, 6.45) is 0.173. The van der Waals surface area contributed by atoms with E-state index in [-0.39, 0.29) is 12.3 Å². The van der Waals surface area contributed by atoms with Crippen LogP contribution in [-0.4, -0.2) is 31.2 Å². The summed E-state index contributed by atoms with van der Waals surface area (Å²) in [5.41, 5.74) is 3.50. The Morgan fingerprint density at radius 1 is 1.18 bits per heavy atom. The average Bonchev–Trinajstić information content (AvgIpc) is 3.13. The number of rotatable bonds is 8. The summed E-state index contributed by atoms with van der Waals surface area (Å²) >= 11 is 7.73. The van der Waals surface area contributed by atoms with Crippen LogP contribution in [0.1, 0.15) is 11.3 Å². The summed E-state index contributed by atoms with van der Waals surface area (Å²) in [5, 5.41) is 6.10. The number of nitrogens with one attached hydrogen (secondary N) is 1. The van der Waals surface area contributed by atoms with Crippen LogP contribution in [0.15, 0.2) is 47.8 Å². The van der Waals surface area contributed by atoms with Crippen LogP contribution in [0.3, 0.4) is 0 Å². The Labute approximate surface area is 173 Å². The summed E-state index contributed by atoms with van der Waals surface area (Å²) in [6.45, 7) is 2.82. The van der Waals surface area contributed by atoms with Gasteiger partial charge in [-0.3, -0.25) is 4.79 Å². The first-order valence-corrected chi connectivity index (χ1v) is 10.0. The molecule has 28 heavy (non-hydrogen) atoms. The summed E-state index contributed by atoms with van der Waals surface area (Å²) in [4.78, 5) is 17.1. The third-order valence-electron chi connectivity index (χ3n) is 3.97.